The summed E-state index contributed by atoms with van der Waals surface area (Å²) in [5.41, 5.74) is 0. The van der Waals surface area contributed by atoms with Gasteiger partial charge in [0.05, 0.1) is 7.11 Å². The zero-order chi connectivity index (χ0) is 7.98. The van der Waals surface area contributed by atoms with Crippen LogP contribution in [0, 0.1) is 0 Å². The lowest BCUT2D eigenvalue weighted by Crippen LogP contribution is -2.13. The van der Waals surface area contributed by atoms with Crippen LogP contribution in [0.25, 0.3) is 0 Å². The standard InChI is InChI=1S/C5H8O4S/c1-8-5(10)3-9-2-4(6)7/h2-3H2,1H3,(H,6,7). The number of carbonyl (C=O) groups is 1. The number of hydrogen-bond donors (Lipinski definition) is 1. The van der Waals surface area contributed by atoms with Crippen molar-refractivity contribution in [3.63, 3.8) is 0 Å². The van der Waals surface area contributed by atoms with E-state index in [1.54, 1.807) is 0 Å². The summed E-state index contributed by atoms with van der Waals surface area (Å²) < 4.78 is 9.13. The van der Waals surface area contributed by atoms with Crippen LogP contribution in [0.15, 0.2) is 0 Å². The van der Waals surface area contributed by atoms with Crippen LogP contribution >= 0.6 is 12.2 Å². The van der Waals surface area contributed by atoms with Crippen molar-refractivity contribution in [2.45, 2.75) is 0 Å². The van der Waals surface area contributed by atoms with Gasteiger partial charge in [0, 0.05) is 0 Å². The molecule has 0 aromatic heterocycles. The fourth-order valence-electron chi connectivity index (χ4n) is 0.281. The number of carboxylic acid groups (broad SMARTS) is 1. The van der Waals surface area contributed by atoms with E-state index in [0.717, 1.165) is 0 Å². The maximum Gasteiger partial charge on any atom is 0.329 e. The molecule has 10 heavy (non-hydrogen) atoms. The van der Waals surface area contributed by atoms with Crippen LogP contribution in [0.1, 0.15) is 0 Å². The first-order valence-corrected chi connectivity index (χ1v) is 2.94. The Morgan fingerprint density at radius 1 is 1.60 bits per heavy atom. The van der Waals surface area contributed by atoms with Gasteiger partial charge in [-0.3, -0.25) is 0 Å². The number of aliphatic carboxylic acids is 1. The van der Waals surface area contributed by atoms with E-state index < -0.39 is 5.97 Å². The first-order chi connectivity index (χ1) is 4.66. The molecule has 0 bridgehead atoms. The predicted molar refractivity (Wildman–Crippen MR) is 38.1 cm³/mol. The largest absolute Gasteiger partial charge is 0.488 e. The zero-order valence-electron chi connectivity index (χ0n) is 5.49. The molecule has 0 aromatic rings. The van der Waals surface area contributed by atoms with E-state index in [-0.39, 0.29) is 18.3 Å². The van der Waals surface area contributed by atoms with Crippen molar-refractivity contribution in [2.75, 3.05) is 20.3 Å². The average molecular weight is 164 g/mol. The van der Waals surface area contributed by atoms with E-state index in [1.807, 2.05) is 0 Å². The Bertz CT molecular complexity index is 134. The first-order valence-electron chi connectivity index (χ1n) is 2.53. The lowest BCUT2D eigenvalue weighted by Gasteiger charge is -2.00. The third-order valence-corrected chi connectivity index (χ3v) is 0.958. The third-order valence-electron chi connectivity index (χ3n) is 0.673. The van der Waals surface area contributed by atoms with Gasteiger partial charge in [0.15, 0.2) is 5.05 Å². The van der Waals surface area contributed by atoms with E-state index in [4.69, 9.17) is 5.11 Å². The van der Waals surface area contributed by atoms with Gasteiger partial charge in [0.25, 0.3) is 0 Å². The molecule has 0 saturated heterocycles. The Kier molecular flexibility index (Phi) is 4.78. The SMILES string of the molecule is COC(=S)COCC(=O)O. The molecule has 0 aliphatic rings. The second kappa shape index (κ2) is 5.13. The summed E-state index contributed by atoms with van der Waals surface area (Å²) in [6.45, 7) is -0.290. The van der Waals surface area contributed by atoms with Gasteiger partial charge in [-0.1, -0.05) is 0 Å². The van der Waals surface area contributed by atoms with Crippen molar-refractivity contribution in [1.82, 2.24) is 0 Å². The number of methoxy groups -OCH3 is 1. The van der Waals surface area contributed by atoms with Crippen molar-refractivity contribution in [3.05, 3.63) is 0 Å². The van der Waals surface area contributed by atoms with Crippen molar-refractivity contribution in [3.8, 4) is 0 Å². The number of thiocarbonyl (C=S) groups is 1. The predicted octanol–water partition coefficient (Wildman–Crippen LogP) is 0.0614. The topological polar surface area (TPSA) is 55.8 Å². The van der Waals surface area contributed by atoms with Crippen LogP contribution < -0.4 is 0 Å². The van der Waals surface area contributed by atoms with Gasteiger partial charge < -0.3 is 14.6 Å². The van der Waals surface area contributed by atoms with Gasteiger partial charge in [-0.25, -0.2) is 4.79 Å². The molecule has 0 aliphatic carbocycles. The van der Waals surface area contributed by atoms with Crippen molar-refractivity contribution in [2.24, 2.45) is 0 Å². The Labute approximate surface area is 63.7 Å². The van der Waals surface area contributed by atoms with Gasteiger partial charge in [0.1, 0.15) is 13.2 Å². The summed E-state index contributed by atoms with van der Waals surface area (Å²) >= 11 is 4.57. The summed E-state index contributed by atoms with van der Waals surface area (Å²) in [5.74, 6) is -1.01. The zero-order valence-corrected chi connectivity index (χ0v) is 6.31. The summed E-state index contributed by atoms with van der Waals surface area (Å²) in [4.78, 5) is 9.86. The molecule has 0 heterocycles. The molecule has 0 fully saturated rings. The Morgan fingerprint density at radius 2 is 2.20 bits per heavy atom. The lowest BCUT2D eigenvalue weighted by molar-refractivity contribution is -0.141. The van der Waals surface area contributed by atoms with Crippen LogP contribution in [0.3, 0.4) is 0 Å². The molecule has 0 rings (SSSR count). The molecule has 58 valence electrons. The highest BCUT2D eigenvalue weighted by atomic mass is 32.1. The maximum absolute atomic E-state index is 9.86. The molecule has 0 aliphatic heterocycles. The summed E-state index contributed by atoms with van der Waals surface area (Å²) in [7, 11) is 1.41. The van der Waals surface area contributed by atoms with Crippen LogP contribution in [-0.2, 0) is 14.3 Å². The first kappa shape index (κ1) is 9.32. The Balaban J connectivity index is 3.20. The minimum Gasteiger partial charge on any atom is -0.488 e. The lowest BCUT2D eigenvalue weighted by atomic mass is 10.7. The highest BCUT2D eigenvalue weighted by molar-refractivity contribution is 7.80. The van der Waals surface area contributed by atoms with E-state index in [9.17, 15) is 4.79 Å². The second-order valence-electron chi connectivity index (χ2n) is 1.46. The fraction of sp³-hybridized carbons (Fsp3) is 0.600. The number of carboxylic acids is 1. The summed E-state index contributed by atoms with van der Waals surface area (Å²) in [5, 5.41) is 8.34. The van der Waals surface area contributed by atoms with Crippen LogP contribution in [0.5, 0.6) is 0 Å². The van der Waals surface area contributed by atoms with Gasteiger partial charge in [-0.15, -0.1) is 0 Å². The van der Waals surface area contributed by atoms with Crippen molar-refractivity contribution in [1.29, 1.82) is 0 Å². The number of hydrogen-bond acceptors (Lipinski definition) is 4. The molecule has 0 atom stereocenters. The van der Waals surface area contributed by atoms with Crippen LogP contribution in [0.2, 0.25) is 0 Å². The molecule has 0 radical (unpaired) electrons. The van der Waals surface area contributed by atoms with Gasteiger partial charge in [0.2, 0.25) is 0 Å². The molecular weight excluding hydrogens is 156 g/mol. The van der Waals surface area contributed by atoms with E-state index >= 15 is 0 Å². The minimum atomic E-state index is -1.01. The van der Waals surface area contributed by atoms with Crippen molar-refractivity contribution >= 4 is 23.2 Å². The fourth-order valence-corrected chi connectivity index (χ4v) is 0.364. The van der Waals surface area contributed by atoms with Gasteiger partial charge in [-0.05, 0) is 12.2 Å². The van der Waals surface area contributed by atoms with Gasteiger partial charge in [-0.2, -0.15) is 0 Å². The Morgan fingerprint density at radius 3 is 2.60 bits per heavy atom. The van der Waals surface area contributed by atoms with Crippen LogP contribution in [0.4, 0.5) is 0 Å². The monoisotopic (exact) mass is 164 g/mol. The van der Waals surface area contributed by atoms with Gasteiger partial charge >= 0.3 is 5.97 Å². The van der Waals surface area contributed by atoms with Crippen LogP contribution in [-0.4, -0.2) is 36.5 Å². The highest BCUT2D eigenvalue weighted by Crippen LogP contribution is 1.81. The summed E-state index contributed by atoms with van der Waals surface area (Å²) in [6.07, 6.45) is 0. The highest BCUT2D eigenvalue weighted by Gasteiger charge is 1.98. The number of rotatable bonds is 4. The molecule has 0 amide bonds. The molecule has 5 heteroatoms. The van der Waals surface area contributed by atoms with E-state index in [1.165, 1.54) is 7.11 Å². The maximum atomic E-state index is 9.86. The molecule has 0 unspecified atom stereocenters. The summed E-state index contributed by atoms with van der Waals surface area (Å²) in [6, 6.07) is 0. The molecular formula is C5H8O4S. The molecule has 4 nitrogen and oxygen atoms in total. The molecule has 0 spiro atoms. The normalized spacial score (nSPS) is 8.90. The average Bonchev–Trinajstić information content (AvgIpc) is 1.87. The third kappa shape index (κ3) is 5.46. The van der Waals surface area contributed by atoms with E-state index in [0.29, 0.717) is 0 Å². The molecule has 0 aromatic carbocycles. The number of ether oxygens (including phenoxy) is 2. The quantitative estimate of drug-likeness (QED) is 0.595. The minimum absolute atomic E-state index is 0.0537. The second-order valence-corrected chi connectivity index (χ2v) is 1.92. The Hall–Kier alpha value is -0.680. The van der Waals surface area contributed by atoms with Crippen molar-refractivity contribution < 1.29 is 19.4 Å². The molecule has 1 N–H and O–H groups in total. The van der Waals surface area contributed by atoms with E-state index in [2.05, 4.69) is 21.7 Å². The smallest absolute Gasteiger partial charge is 0.329 e. The molecule has 0 saturated carbocycles.